The van der Waals surface area contributed by atoms with Crippen LogP contribution in [0.1, 0.15) is 23.7 Å². The summed E-state index contributed by atoms with van der Waals surface area (Å²) in [5.41, 5.74) is 8.30. The lowest BCUT2D eigenvalue weighted by Gasteiger charge is -2.30. The van der Waals surface area contributed by atoms with Gasteiger partial charge in [-0.1, -0.05) is 23.7 Å². The molecule has 0 saturated heterocycles. The van der Waals surface area contributed by atoms with Crippen LogP contribution in [0, 0.1) is 17.1 Å². The van der Waals surface area contributed by atoms with Crippen LogP contribution in [0.4, 0.5) is 10.2 Å². The van der Waals surface area contributed by atoms with Gasteiger partial charge in [0.1, 0.15) is 23.3 Å². The Labute approximate surface area is 143 Å². The second-order valence-corrected chi connectivity index (χ2v) is 5.95. The van der Waals surface area contributed by atoms with Gasteiger partial charge in [-0.25, -0.2) is 9.37 Å². The zero-order valence-electron chi connectivity index (χ0n) is 12.9. The number of nitriles is 1. The average Bonchev–Trinajstić information content (AvgIpc) is 2.56. The molecule has 7 heteroatoms. The van der Waals surface area contributed by atoms with Crippen LogP contribution in [0.3, 0.4) is 0 Å². The lowest BCUT2D eigenvalue weighted by atomic mass is 9.91. The van der Waals surface area contributed by atoms with Crippen molar-refractivity contribution in [1.82, 2.24) is 9.88 Å². The number of nitrogens with zero attached hydrogens (tertiary/aromatic N) is 3. The van der Waals surface area contributed by atoms with Crippen molar-refractivity contribution >= 4 is 23.3 Å². The maximum absolute atomic E-state index is 13.9. The summed E-state index contributed by atoms with van der Waals surface area (Å²) >= 11 is 6.12. The molecule has 5 nitrogen and oxygen atoms in total. The number of pyridine rings is 1. The van der Waals surface area contributed by atoms with E-state index in [2.05, 4.69) is 4.98 Å². The highest BCUT2D eigenvalue weighted by atomic mass is 35.5. The van der Waals surface area contributed by atoms with Crippen molar-refractivity contribution in [2.45, 2.75) is 19.9 Å². The number of carbonyl (C=O) groups excluding carboxylic acids is 1. The minimum atomic E-state index is -0.582. The van der Waals surface area contributed by atoms with Crippen molar-refractivity contribution in [3.63, 3.8) is 0 Å². The van der Waals surface area contributed by atoms with Crippen LogP contribution in [0.25, 0.3) is 11.1 Å². The first-order chi connectivity index (χ1) is 11.4. The van der Waals surface area contributed by atoms with Gasteiger partial charge < -0.3 is 10.6 Å². The van der Waals surface area contributed by atoms with Crippen molar-refractivity contribution in [3.05, 3.63) is 45.9 Å². The minimum Gasteiger partial charge on any atom is -0.383 e. The number of halogens is 2. The molecule has 2 N–H and O–H groups in total. The third-order valence-corrected chi connectivity index (χ3v) is 4.54. The van der Waals surface area contributed by atoms with Gasteiger partial charge in [-0.15, -0.1) is 0 Å². The van der Waals surface area contributed by atoms with E-state index in [0.717, 1.165) is 0 Å². The number of nitrogen functional groups attached to an aromatic ring is 1. The minimum absolute atomic E-state index is 0.0766. The molecule has 1 aromatic carbocycles. The Bertz CT molecular complexity index is 891. The fourth-order valence-electron chi connectivity index (χ4n) is 2.96. The summed E-state index contributed by atoms with van der Waals surface area (Å²) in [5.74, 6) is -0.573. The van der Waals surface area contributed by atoms with Crippen molar-refractivity contribution in [2.75, 3.05) is 12.3 Å². The summed E-state index contributed by atoms with van der Waals surface area (Å²) in [5, 5.41) is 9.43. The Morgan fingerprint density at radius 3 is 2.92 bits per heavy atom. The Balaban J connectivity index is 2.32. The second kappa shape index (κ2) is 6.10. The van der Waals surface area contributed by atoms with Crippen LogP contribution in [0.2, 0.25) is 5.02 Å². The lowest BCUT2D eigenvalue weighted by molar-refractivity contribution is -0.129. The Kier molecular flexibility index (Phi) is 4.12. The molecule has 0 saturated carbocycles. The van der Waals surface area contributed by atoms with Crippen molar-refractivity contribution in [1.29, 1.82) is 5.26 Å². The van der Waals surface area contributed by atoms with Crippen LogP contribution >= 0.6 is 11.6 Å². The van der Waals surface area contributed by atoms with Crippen molar-refractivity contribution in [3.8, 4) is 17.2 Å². The quantitative estimate of drug-likeness (QED) is 0.862. The van der Waals surface area contributed by atoms with Crippen LogP contribution in [0.5, 0.6) is 0 Å². The summed E-state index contributed by atoms with van der Waals surface area (Å²) in [6.45, 7) is 2.29. The van der Waals surface area contributed by atoms with Crippen LogP contribution in [0.15, 0.2) is 18.2 Å². The molecule has 2 aromatic rings. The van der Waals surface area contributed by atoms with Crippen molar-refractivity contribution in [2.24, 2.45) is 0 Å². The molecule has 1 aromatic heterocycles. The van der Waals surface area contributed by atoms with E-state index in [4.69, 9.17) is 17.3 Å². The number of anilines is 1. The van der Waals surface area contributed by atoms with Gasteiger partial charge in [-0.05, 0) is 6.07 Å². The maximum atomic E-state index is 13.9. The lowest BCUT2D eigenvalue weighted by Crippen LogP contribution is -2.35. The number of amides is 1. The Hall–Kier alpha value is -2.65. The number of benzene rings is 1. The highest BCUT2D eigenvalue weighted by Crippen LogP contribution is 2.39. The zero-order valence-corrected chi connectivity index (χ0v) is 13.7. The normalized spacial score (nSPS) is 13.3. The van der Waals surface area contributed by atoms with E-state index in [0.29, 0.717) is 35.3 Å². The molecule has 122 valence electrons. The smallest absolute Gasteiger partial charge is 0.219 e. The summed E-state index contributed by atoms with van der Waals surface area (Å²) < 4.78 is 13.9. The van der Waals surface area contributed by atoms with Crippen LogP contribution in [-0.4, -0.2) is 22.3 Å². The van der Waals surface area contributed by atoms with Gasteiger partial charge in [0.05, 0.1) is 10.7 Å². The standard InChI is InChI=1S/C17H14ClFN4O/c1-9(24)23-6-5-14-12(8-23)15(11(7-20)17(21)22-14)10-3-2-4-13(19)16(10)18/h2-4H,5-6,8H2,1H3,(H2,21,22). The highest BCUT2D eigenvalue weighted by Gasteiger charge is 2.27. The van der Waals surface area contributed by atoms with Gasteiger partial charge >= 0.3 is 0 Å². The number of rotatable bonds is 1. The third kappa shape index (κ3) is 2.57. The van der Waals surface area contributed by atoms with Gasteiger partial charge in [0.2, 0.25) is 5.91 Å². The molecule has 24 heavy (non-hydrogen) atoms. The molecule has 0 aliphatic carbocycles. The predicted octanol–water partition coefficient (Wildman–Crippen LogP) is 2.90. The molecule has 0 fully saturated rings. The largest absolute Gasteiger partial charge is 0.383 e. The molecule has 3 rings (SSSR count). The average molecular weight is 345 g/mol. The first-order valence-electron chi connectivity index (χ1n) is 7.35. The number of nitrogens with two attached hydrogens (primary N) is 1. The monoisotopic (exact) mass is 344 g/mol. The third-order valence-electron chi connectivity index (χ3n) is 4.16. The highest BCUT2D eigenvalue weighted by molar-refractivity contribution is 6.33. The van der Waals surface area contributed by atoms with E-state index in [-0.39, 0.29) is 28.9 Å². The number of hydrogen-bond acceptors (Lipinski definition) is 4. The van der Waals surface area contributed by atoms with Gasteiger partial charge in [-0.2, -0.15) is 5.26 Å². The van der Waals surface area contributed by atoms with Crippen molar-refractivity contribution < 1.29 is 9.18 Å². The summed E-state index contributed by atoms with van der Waals surface area (Å²) in [6, 6.07) is 6.43. The molecular weight excluding hydrogens is 331 g/mol. The Morgan fingerprint density at radius 2 is 2.25 bits per heavy atom. The van der Waals surface area contributed by atoms with E-state index in [9.17, 15) is 14.4 Å². The van der Waals surface area contributed by atoms with Crippen LogP contribution in [-0.2, 0) is 17.8 Å². The molecule has 0 radical (unpaired) electrons. The molecule has 0 bridgehead atoms. The van der Waals surface area contributed by atoms with Gasteiger partial charge in [0.25, 0.3) is 0 Å². The summed E-state index contributed by atoms with van der Waals surface area (Å²) in [6.07, 6.45) is 0.519. The van der Waals surface area contributed by atoms with E-state index in [1.807, 2.05) is 6.07 Å². The zero-order chi connectivity index (χ0) is 17.4. The molecule has 0 unspecified atom stereocenters. The van der Waals surface area contributed by atoms with Gasteiger partial charge in [-0.3, -0.25) is 4.79 Å². The summed E-state index contributed by atoms with van der Waals surface area (Å²) in [4.78, 5) is 17.7. The SMILES string of the molecule is CC(=O)N1CCc2nc(N)c(C#N)c(-c3cccc(F)c3Cl)c2C1. The molecule has 0 spiro atoms. The molecule has 2 heterocycles. The topological polar surface area (TPSA) is 83.0 Å². The van der Waals surface area contributed by atoms with E-state index in [1.165, 1.54) is 19.1 Å². The second-order valence-electron chi connectivity index (χ2n) is 5.58. The maximum Gasteiger partial charge on any atom is 0.219 e. The molecule has 1 amide bonds. The van der Waals surface area contributed by atoms with E-state index < -0.39 is 5.82 Å². The first-order valence-corrected chi connectivity index (χ1v) is 7.73. The van der Waals surface area contributed by atoms with E-state index in [1.54, 1.807) is 11.0 Å². The molecule has 1 aliphatic heterocycles. The Morgan fingerprint density at radius 1 is 1.50 bits per heavy atom. The first kappa shape index (κ1) is 16.2. The fraction of sp³-hybridized carbons (Fsp3) is 0.235. The number of fused-ring (bicyclic) bond motifs is 1. The predicted molar refractivity (Wildman–Crippen MR) is 88.6 cm³/mol. The van der Waals surface area contributed by atoms with Gasteiger partial charge in [0, 0.05) is 43.1 Å². The fourth-order valence-corrected chi connectivity index (χ4v) is 3.18. The van der Waals surface area contributed by atoms with E-state index >= 15 is 0 Å². The number of aromatic nitrogens is 1. The molecular formula is C17H14ClFN4O. The molecule has 0 atom stereocenters. The van der Waals surface area contributed by atoms with Gasteiger partial charge in [0.15, 0.2) is 0 Å². The number of hydrogen-bond donors (Lipinski definition) is 1. The number of carbonyl (C=O) groups is 1. The van der Waals surface area contributed by atoms with Crippen LogP contribution < -0.4 is 5.73 Å². The summed E-state index contributed by atoms with van der Waals surface area (Å²) in [7, 11) is 0. The molecule has 1 aliphatic rings.